The summed E-state index contributed by atoms with van der Waals surface area (Å²) in [7, 11) is 0. The molecule has 0 fully saturated rings. The maximum Gasteiger partial charge on any atom is 0.247 e. The summed E-state index contributed by atoms with van der Waals surface area (Å²) >= 11 is 0. The largest absolute Gasteiger partial charge is 0.421 e. The summed E-state index contributed by atoms with van der Waals surface area (Å²) in [6.07, 6.45) is 4.01. The van der Waals surface area contributed by atoms with Gasteiger partial charge in [-0.1, -0.05) is 12.1 Å². The monoisotopic (exact) mass is 322 g/mol. The lowest BCUT2D eigenvalue weighted by atomic mass is 10.1. The molecule has 0 radical (unpaired) electrons. The third kappa shape index (κ3) is 3.65. The Balaban J connectivity index is 1.59. The van der Waals surface area contributed by atoms with E-state index in [9.17, 15) is 4.79 Å². The molecule has 0 spiro atoms. The number of aryl methyl sites for hydroxylation is 2. The second-order valence-electron chi connectivity index (χ2n) is 5.53. The lowest BCUT2D eigenvalue weighted by Crippen LogP contribution is -2.13. The number of benzene rings is 1. The van der Waals surface area contributed by atoms with Crippen molar-refractivity contribution in [1.29, 1.82) is 0 Å². The first-order chi connectivity index (χ1) is 11.6. The van der Waals surface area contributed by atoms with Gasteiger partial charge >= 0.3 is 0 Å². The van der Waals surface area contributed by atoms with Gasteiger partial charge in [0.05, 0.1) is 0 Å². The van der Waals surface area contributed by atoms with Crippen molar-refractivity contribution in [3.05, 3.63) is 59.7 Å². The molecule has 0 saturated heterocycles. The number of carbonyl (C=O) groups excluding carboxylic acids is 1. The van der Waals surface area contributed by atoms with Crippen LogP contribution in [-0.4, -0.2) is 21.1 Å². The highest BCUT2D eigenvalue weighted by molar-refractivity contribution is 5.91. The minimum Gasteiger partial charge on any atom is -0.421 e. The number of nitrogens with zero attached hydrogens (tertiary/aromatic N) is 3. The van der Waals surface area contributed by atoms with Crippen molar-refractivity contribution < 1.29 is 9.21 Å². The zero-order valence-electron chi connectivity index (χ0n) is 13.6. The van der Waals surface area contributed by atoms with E-state index in [-0.39, 0.29) is 12.3 Å². The Bertz CT molecular complexity index is 843. The Labute approximate surface area is 140 Å². The van der Waals surface area contributed by atoms with Crippen molar-refractivity contribution in [1.82, 2.24) is 15.2 Å². The highest BCUT2D eigenvalue weighted by Crippen LogP contribution is 2.19. The van der Waals surface area contributed by atoms with Gasteiger partial charge in [0.25, 0.3) is 0 Å². The maximum absolute atomic E-state index is 12.1. The molecule has 0 unspecified atom stereocenters. The molecule has 6 nitrogen and oxygen atoms in total. The summed E-state index contributed by atoms with van der Waals surface area (Å²) in [5, 5.41) is 10.9. The molecule has 0 atom stereocenters. The number of hydrogen-bond donors (Lipinski definition) is 1. The molecule has 2 aromatic heterocycles. The first kappa shape index (κ1) is 15.9. The fourth-order valence-corrected chi connectivity index (χ4v) is 2.29. The second kappa shape index (κ2) is 7.04. The number of amides is 1. The van der Waals surface area contributed by atoms with Crippen LogP contribution in [0.1, 0.15) is 23.4 Å². The van der Waals surface area contributed by atoms with Gasteiger partial charge in [-0.2, -0.15) is 0 Å². The Morgan fingerprint density at radius 2 is 1.92 bits per heavy atom. The van der Waals surface area contributed by atoms with Crippen LogP contribution >= 0.6 is 0 Å². The zero-order chi connectivity index (χ0) is 16.9. The Kier molecular flexibility index (Phi) is 4.65. The van der Waals surface area contributed by atoms with Gasteiger partial charge in [-0.25, -0.2) is 0 Å². The van der Waals surface area contributed by atoms with Gasteiger partial charge in [0.15, 0.2) is 0 Å². The molecule has 6 heteroatoms. The van der Waals surface area contributed by atoms with Crippen molar-refractivity contribution >= 4 is 11.6 Å². The van der Waals surface area contributed by atoms with Crippen LogP contribution in [0, 0.1) is 13.8 Å². The molecule has 3 aromatic rings. The van der Waals surface area contributed by atoms with Crippen LogP contribution in [0.3, 0.4) is 0 Å². The first-order valence-electron chi connectivity index (χ1n) is 7.72. The quantitative estimate of drug-likeness (QED) is 0.779. The molecule has 0 saturated carbocycles. The van der Waals surface area contributed by atoms with Crippen molar-refractivity contribution in [2.45, 2.75) is 26.7 Å². The third-order valence-corrected chi connectivity index (χ3v) is 3.84. The topological polar surface area (TPSA) is 80.9 Å². The smallest absolute Gasteiger partial charge is 0.247 e. The molecule has 0 aliphatic heterocycles. The molecule has 1 amide bonds. The van der Waals surface area contributed by atoms with E-state index in [1.165, 1.54) is 0 Å². The molecule has 3 rings (SSSR count). The van der Waals surface area contributed by atoms with E-state index in [1.807, 2.05) is 32.0 Å². The minimum absolute atomic E-state index is 0.0765. The normalized spacial score (nSPS) is 10.6. The van der Waals surface area contributed by atoms with E-state index in [0.717, 1.165) is 22.4 Å². The molecule has 1 N–H and O–H groups in total. The van der Waals surface area contributed by atoms with Gasteiger partial charge in [0.2, 0.25) is 17.7 Å². The Morgan fingerprint density at radius 3 is 2.71 bits per heavy atom. The number of anilines is 1. The van der Waals surface area contributed by atoms with Gasteiger partial charge in [0.1, 0.15) is 0 Å². The molecule has 1 aromatic carbocycles. The third-order valence-electron chi connectivity index (χ3n) is 3.84. The summed E-state index contributed by atoms with van der Waals surface area (Å²) in [4.78, 5) is 16.1. The molecule has 0 aliphatic carbocycles. The molecule has 0 bridgehead atoms. The van der Waals surface area contributed by atoms with Crippen LogP contribution in [0.5, 0.6) is 0 Å². The summed E-state index contributed by atoms with van der Waals surface area (Å²) in [6.45, 7) is 4.01. The summed E-state index contributed by atoms with van der Waals surface area (Å²) in [6, 6.07) is 9.44. The fourth-order valence-electron chi connectivity index (χ4n) is 2.29. The average molecular weight is 322 g/mol. The number of rotatable bonds is 5. The van der Waals surface area contributed by atoms with E-state index >= 15 is 0 Å². The van der Waals surface area contributed by atoms with Gasteiger partial charge in [-0.05, 0) is 43.2 Å². The number of carbonyl (C=O) groups is 1. The van der Waals surface area contributed by atoms with E-state index in [0.29, 0.717) is 18.2 Å². The average Bonchev–Trinajstić information content (AvgIpc) is 3.07. The number of aromatic nitrogens is 3. The summed E-state index contributed by atoms with van der Waals surface area (Å²) < 4.78 is 5.58. The number of hydrogen-bond acceptors (Lipinski definition) is 5. The van der Waals surface area contributed by atoms with Crippen LogP contribution in [-0.2, 0) is 11.2 Å². The number of pyridine rings is 1. The highest BCUT2D eigenvalue weighted by Gasteiger charge is 2.11. The van der Waals surface area contributed by atoms with Crippen molar-refractivity contribution in [3.63, 3.8) is 0 Å². The van der Waals surface area contributed by atoms with Crippen LogP contribution < -0.4 is 5.32 Å². The number of nitrogens with one attached hydrogen (secondary N) is 1. The summed E-state index contributed by atoms with van der Waals surface area (Å²) in [5.41, 5.74) is 3.86. The van der Waals surface area contributed by atoms with Crippen molar-refractivity contribution in [2.75, 3.05) is 5.32 Å². The second-order valence-corrected chi connectivity index (χ2v) is 5.53. The molecule has 2 heterocycles. The highest BCUT2D eigenvalue weighted by atomic mass is 16.4. The van der Waals surface area contributed by atoms with E-state index in [4.69, 9.17) is 4.42 Å². The SMILES string of the molecule is Cc1cccc(NC(=O)CCc2nnc(-c3ccncc3)o2)c1C. The molecule has 122 valence electrons. The Morgan fingerprint density at radius 1 is 1.12 bits per heavy atom. The van der Waals surface area contributed by atoms with E-state index in [1.54, 1.807) is 24.5 Å². The van der Waals surface area contributed by atoms with Crippen LogP contribution in [0.4, 0.5) is 5.69 Å². The van der Waals surface area contributed by atoms with E-state index in [2.05, 4.69) is 20.5 Å². The van der Waals surface area contributed by atoms with Crippen LogP contribution in [0.25, 0.3) is 11.5 Å². The molecular weight excluding hydrogens is 304 g/mol. The van der Waals surface area contributed by atoms with Gasteiger partial charge in [-0.3, -0.25) is 9.78 Å². The first-order valence-corrected chi connectivity index (χ1v) is 7.72. The fraction of sp³-hybridized carbons (Fsp3) is 0.222. The lowest BCUT2D eigenvalue weighted by molar-refractivity contribution is -0.116. The van der Waals surface area contributed by atoms with Crippen LogP contribution in [0.15, 0.2) is 47.1 Å². The Hall–Kier alpha value is -3.02. The van der Waals surface area contributed by atoms with Gasteiger partial charge < -0.3 is 9.73 Å². The lowest BCUT2D eigenvalue weighted by Gasteiger charge is -2.09. The zero-order valence-corrected chi connectivity index (χ0v) is 13.6. The molecule has 24 heavy (non-hydrogen) atoms. The maximum atomic E-state index is 12.1. The van der Waals surface area contributed by atoms with Gasteiger partial charge in [-0.15, -0.1) is 10.2 Å². The predicted molar refractivity (Wildman–Crippen MR) is 90.4 cm³/mol. The molecule has 0 aliphatic rings. The minimum atomic E-state index is -0.0765. The predicted octanol–water partition coefficient (Wildman–Crippen LogP) is 3.32. The van der Waals surface area contributed by atoms with Crippen molar-refractivity contribution in [3.8, 4) is 11.5 Å². The summed E-state index contributed by atoms with van der Waals surface area (Å²) in [5.74, 6) is 0.799. The van der Waals surface area contributed by atoms with E-state index < -0.39 is 0 Å². The van der Waals surface area contributed by atoms with Crippen molar-refractivity contribution in [2.24, 2.45) is 0 Å². The molecular formula is C18H18N4O2. The van der Waals surface area contributed by atoms with Gasteiger partial charge in [0, 0.05) is 36.5 Å². The van der Waals surface area contributed by atoms with Crippen LogP contribution in [0.2, 0.25) is 0 Å². The standard InChI is InChI=1S/C18H18N4O2/c1-12-4-3-5-15(13(12)2)20-16(23)6-7-17-21-22-18(24-17)14-8-10-19-11-9-14/h3-5,8-11H,6-7H2,1-2H3,(H,20,23).